The molecule has 6 atom stereocenters. The Kier molecular flexibility index (Phi) is 5.31. The van der Waals surface area contributed by atoms with Crippen molar-refractivity contribution in [3.8, 4) is 0 Å². The predicted octanol–water partition coefficient (Wildman–Crippen LogP) is 2.23. The van der Waals surface area contributed by atoms with Crippen LogP contribution in [0.15, 0.2) is 24.3 Å². The van der Waals surface area contributed by atoms with Crippen LogP contribution in [0.5, 0.6) is 0 Å². The Morgan fingerprint density at radius 3 is 2.68 bits per heavy atom. The van der Waals surface area contributed by atoms with Gasteiger partial charge >= 0.3 is 0 Å². The molecule has 4 N–H and O–H groups in total. The van der Waals surface area contributed by atoms with Gasteiger partial charge in [0.1, 0.15) is 24.4 Å². The summed E-state index contributed by atoms with van der Waals surface area (Å²) in [5.41, 5.74) is 1.68. The lowest BCUT2D eigenvalue weighted by Crippen LogP contribution is -2.62. The second kappa shape index (κ2) is 7.34. The summed E-state index contributed by atoms with van der Waals surface area (Å²) in [6.07, 6.45) is -4.95. The van der Waals surface area contributed by atoms with E-state index in [0.717, 1.165) is 16.2 Å². The molecular weight excluding hydrogens is 404 g/mol. The van der Waals surface area contributed by atoms with Crippen molar-refractivity contribution < 1.29 is 29.9 Å². The third kappa shape index (κ3) is 3.02. The predicted molar refractivity (Wildman–Crippen MR) is 104 cm³/mol. The van der Waals surface area contributed by atoms with Crippen LogP contribution < -0.4 is 0 Å². The molecule has 152 valence electrons. The molecular formula is C20H23ClO6S. The molecule has 2 aliphatic rings. The zero-order chi connectivity index (χ0) is 20.2. The molecule has 1 aromatic heterocycles. The molecule has 0 bridgehead atoms. The first kappa shape index (κ1) is 20.3. The van der Waals surface area contributed by atoms with Crippen LogP contribution in [-0.2, 0) is 28.3 Å². The zero-order valence-electron chi connectivity index (χ0n) is 15.5. The van der Waals surface area contributed by atoms with E-state index in [0.29, 0.717) is 21.7 Å². The molecule has 8 heteroatoms. The van der Waals surface area contributed by atoms with Crippen LogP contribution in [0.25, 0.3) is 0 Å². The molecule has 0 aliphatic carbocycles. The molecule has 0 unspecified atom stereocenters. The lowest BCUT2D eigenvalue weighted by molar-refractivity contribution is -0.362. The van der Waals surface area contributed by atoms with Gasteiger partial charge in [0, 0.05) is 25.9 Å². The number of aliphatic hydroxyl groups excluding tert-OH is 4. The quantitative estimate of drug-likeness (QED) is 0.600. The summed E-state index contributed by atoms with van der Waals surface area (Å²) in [7, 11) is 0. The lowest BCUT2D eigenvalue weighted by atomic mass is 9.86. The average Bonchev–Trinajstić information content (AvgIpc) is 3.29. The average molecular weight is 427 g/mol. The summed E-state index contributed by atoms with van der Waals surface area (Å²) in [5.74, 6) is -1.61. The van der Waals surface area contributed by atoms with E-state index in [4.69, 9.17) is 21.1 Å². The van der Waals surface area contributed by atoms with Crippen molar-refractivity contribution in [2.24, 2.45) is 0 Å². The maximum atomic E-state index is 10.9. The summed E-state index contributed by atoms with van der Waals surface area (Å²) < 4.78 is 11.6. The van der Waals surface area contributed by atoms with Gasteiger partial charge in [-0.25, -0.2) is 0 Å². The topological polar surface area (TPSA) is 99.4 Å². The number of rotatable bonds is 3. The van der Waals surface area contributed by atoms with Gasteiger partial charge < -0.3 is 29.9 Å². The number of benzene rings is 1. The van der Waals surface area contributed by atoms with Gasteiger partial charge in [0.2, 0.25) is 5.79 Å². The van der Waals surface area contributed by atoms with Gasteiger partial charge in [-0.3, -0.25) is 0 Å². The molecule has 28 heavy (non-hydrogen) atoms. The zero-order valence-corrected chi connectivity index (χ0v) is 17.1. The van der Waals surface area contributed by atoms with Crippen molar-refractivity contribution in [1.29, 1.82) is 0 Å². The fourth-order valence-electron chi connectivity index (χ4n) is 3.88. The van der Waals surface area contributed by atoms with Crippen LogP contribution in [0, 0.1) is 0 Å². The minimum absolute atomic E-state index is 0.136. The third-order valence-corrected chi connectivity index (χ3v) is 7.15. The first-order valence-electron chi connectivity index (χ1n) is 9.24. The largest absolute Gasteiger partial charge is 0.388 e. The van der Waals surface area contributed by atoms with Crippen LogP contribution in [0.3, 0.4) is 0 Å². The monoisotopic (exact) mass is 426 g/mol. The number of aryl methyl sites for hydroxylation is 1. The minimum Gasteiger partial charge on any atom is -0.388 e. The summed E-state index contributed by atoms with van der Waals surface area (Å²) >= 11 is 7.95. The molecule has 1 aromatic carbocycles. The molecule has 6 nitrogen and oxygen atoms in total. The highest BCUT2D eigenvalue weighted by atomic mass is 35.5. The third-order valence-electron chi connectivity index (χ3n) is 5.54. The smallest absolute Gasteiger partial charge is 0.225 e. The van der Waals surface area contributed by atoms with Crippen molar-refractivity contribution in [1.82, 2.24) is 0 Å². The minimum atomic E-state index is -1.61. The summed E-state index contributed by atoms with van der Waals surface area (Å²) in [4.78, 5) is 1.92. The molecule has 2 aliphatic heterocycles. The highest BCUT2D eigenvalue weighted by Crippen LogP contribution is 2.48. The van der Waals surface area contributed by atoms with Gasteiger partial charge in [0.05, 0.1) is 12.7 Å². The Hall–Kier alpha value is -1.03. The first-order chi connectivity index (χ1) is 13.3. The fraction of sp³-hybridized carbons (Fsp3) is 0.500. The van der Waals surface area contributed by atoms with Crippen LogP contribution in [0.2, 0.25) is 5.02 Å². The van der Waals surface area contributed by atoms with Gasteiger partial charge in [-0.05, 0) is 43.2 Å². The number of aliphatic hydroxyl groups is 4. The molecule has 4 rings (SSSR count). The summed E-state index contributed by atoms with van der Waals surface area (Å²) in [5, 5.41) is 42.2. The van der Waals surface area contributed by atoms with Gasteiger partial charge in [-0.1, -0.05) is 18.5 Å². The molecule has 1 spiro atoms. The second-order valence-corrected chi connectivity index (χ2v) is 8.90. The Labute approximate surface area is 171 Å². The molecule has 0 saturated carbocycles. The van der Waals surface area contributed by atoms with E-state index in [1.54, 1.807) is 19.1 Å². The Bertz CT molecular complexity index is 886. The van der Waals surface area contributed by atoms with E-state index in [9.17, 15) is 20.4 Å². The van der Waals surface area contributed by atoms with Crippen molar-refractivity contribution >= 4 is 22.9 Å². The van der Waals surface area contributed by atoms with E-state index >= 15 is 0 Å². The SMILES string of the molecule is CCc1ccc([C@@H](O)c2cc3c(cc2Cl)CO[C@]32O[C@H](C)[C@@H](O)[C@H](O)[C@H]2O)s1. The summed E-state index contributed by atoms with van der Waals surface area (Å²) in [6, 6.07) is 7.21. The highest BCUT2D eigenvalue weighted by Gasteiger charge is 2.57. The van der Waals surface area contributed by atoms with E-state index in [2.05, 4.69) is 0 Å². The van der Waals surface area contributed by atoms with E-state index in [1.807, 2.05) is 19.1 Å². The second-order valence-electron chi connectivity index (χ2n) is 7.30. The number of fused-ring (bicyclic) bond motifs is 2. The highest BCUT2D eigenvalue weighted by molar-refractivity contribution is 7.12. The standard InChI is InChI=1S/C20H23ClO6S/c1-3-11-4-5-15(28-11)17(23)12-7-13-10(6-14(12)21)8-26-20(13)19(25)18(24)16(22)9(2)27-20/h4-7,9,16-19,22-25H,3,8H2,1-2H3/t9-,16-,17+,18+,19-,20+/m1/s1. The van der Waals surface area contributed by atoms with Crippen molar-refractivity contribution in [2.45, 2.75) is 63.2 Å². The maximum Gasteiger partial charge on any atom is 0.225 e. The van der Waals surface area contributed by atoms with Crippen LogP contribution in [0.1, 0.15) is 46.4 Å². The molecule has 2 aromatic rings. The van der Waals surface area contributed by atoms with Gasteiger partial charge in [-0.15, -0.1) is 11.3 Å². The normalized spacial score (nSPS) is 33.2. The van der Waals surface area contributed by atoms with E-state index < -0.39 is 36.3 Å². The molecule has 1 fully saturated rings. The number of hydrogen-bond donors (Lipinski definition) is 4. The molecule has 0 amide bonds. The molecule has 3 heterocycles. The van der Waals surface area contributed by atoms with Crippen molar-refractivity contribution in [3.05, 3.63) is 55.7 Å². The van der Waals surface area contributed by atoms with Crippen molar-refractivity contribution in [2.75, 3.05) is 0 Å². The van der Waals surface area contributed by atoms with Crippen LogP contribution in [-0.4, -0.2) is 44.8 Å². The fourth-order valence-corrected chi connectivity index (χ4v) is 5.13. The maximum absolute atomic E-state index is 10.9. The number of hydrogen-bond acceptors (Lipinski definition) is 7. The van der Waals surface area contributed by atoms with Gasteiger partial charge in [-0.2, -0.15) is 0 Å². The lowest BCUT2D eigenvalue weighted by Gasteiger charge is -2.45. The Morgan fingerprint density at radius 1 is 1.25 bits per heavy atom. The Balaban J connectivity index is 1.77. The Morgan fingerprint density at radius 2 is 2.00 bits per heavy atom. The van der Waals surface area contributed by atoms with Crippen molar-refractivity contribution in [3.63, 3.8) is 0 Å². The number of halogens is 1. The molecule has 0 radical (unpaired) electrons. The van der Waals surface area contributed by atoms with E-state index in [-0.39, 0.29) is 6.61 Å². The van der Waals surface area contributed by atoms with E-state index in [1.165, 1.54) is 11.3 Å². The van der Waals surface area contributed by atoms with Crippen LogP contribution >= 0.6 is 22.9 Å². The summed E-state index contributed by atoms with van der Waals surface area (Å²) in [6.45, 7) is 3.79. The van der Waals surface area contributed by atoms with Crippen LogP contribution in [0.4, 0.5) is 0 Å². The number of thiophene rings is 1. The van der Waals surface area contributed by atoms with Gasteiger partial charge in [0.15, 0.2) is 0 Å². The molecule has 1 saturated heterocycles. The van der Waals surface area contributed by atoms with Gasteiger partial charge in [0.25, 0.3) is 0 Å². The first-order valence-corrected chi connectivity index (χ1v) is 10.4. The number of ether oxygens (including phenoxy) is 2.